The van der Waals surface area contributed by atoms with Gasteiger partial charge in [0, 0.05) is 23.6 Å². The number of aliphatic imine (C=N–C) groups is 2. The highest BCUT2D eigenvalue weighted by molar-refractivity contribution is 8.32. The van der Waals surface area contributed by atoms with Gasteiger partial charge in [-0.1, -0.05) is 36.4 Å². The van der Waals surface area contributed by atoms with E-state index < -0.39 is 21.3 Å². The summed E-state index contributed by atoms with van der Waals surface area (Å²) >= 11 is 0. The maximum atomic E-state index is 15.3. The van der Waals surface area contributed by atoms with Crippen LogP contribution in [0.1, 0.15) is 43.4 Å². The minimum absolute atomic E-state index is 0.0344. The van der Waals surface area contributed by atoms with Crippen molar-refractivity contribution in [1.29, 1.82) is 0 Å². The summed E-state index contributed by atoms with van der Waals surface area (Å²) in [5.74, 6) is 0.484. The summed E-state index contributed by atoms with van der Waals surface area (Å²) in [6.07, 6.45) is 9.51. The van der Waals surface area contributed by atoms with Crippen LogP contribution in [0.5, 0.6) is 5.88 Å². The summed E-state index contributed by atoms with van der Waals surface area (Å²) in [6, 6.07) is 16.1. The van der Waals surface area contributed by atoms with Crippen LogP contribution in [0.2, 0.25) is 0 Å². The number of carbonyl (C=O) groups excluding carboxylic acids is 1. The number of nitrogens with two attached hydrogens (primary N) is 1. The Morgan fingerprint density at radius 1 is 1.11 bits per heavy atom. The normalized spacial score (nSPS) is 15.0. The second kappa shape index (κ2) is 15.6. The molecule has 1 fully saturated rings. The molecule has 1 aliphatic carbocycles. The quantitative estimate of drug-likeness (QED) is 0.0947. The van der Waals surface area contributed by atoms with E-state index in [0.717, 1.165) is 22.4 Å². The van der Waals surface area contributed by atoms with Crippen molar-refractivity contribution in [2.45, 2.75) is 46.3 Å². The lowest BCUT2D eigenvalue weighted by Crippen LogP contribution is -2.26. The number of rotatable bonds is 14. The van der Waals surface area contributed by atoms with Crippen LogP contribution >= 0.6 is 10.0 Å². The Bertz CT molecular complexity index is 1550. The second-order valence-corrected chi connectivity index (χ2v) is 17.2. The number of hydrogen-bond donors (Lipinski definition) is 1. The average molecular weight is 653 g/mol. The zero-order valence-corrected chi connectivity index (χ0v) is 28.4. The third-order valence-electron chi connectivity index (χ3n) is 7.33. The minimum atomic E-state index is -0.670. The number of esters is 1. The minimum Gasteiger partial charge on any atom is -0.476 e. The van der Waals surface area contributed by atoms with E-state index in [1.165, 1.54) is 6.07 Å². The predicted molar refractivity (Wildman–Crippen MR) is 183 cm³/mol. The Kier molecular flexibility index (Phi) is 11.8. The first-order chi connectivity index (χ1) is 21.8. The average Bonchev–Trinajstić information content (AvgIpc) is 3.79. The number of aromatic nitrogens is 1. The number of benzene rings is 2. The molecule has 0 amide bonds. The van der Waals surface area contributed by atoms with Gasteiger partial charge in [-0.3, -0.25) is 4.79 Å². The molecular formula is C35H45FN4O5S. The maximum Gasteiger partial charge on any atom is 0.316 e. The molecule has 9 nitrogen and oxygen atoms in total. The van der Waals surface area contributed by atoms with Crippen molar-refractivity contribution in [2.75, 3.05) is 44.5 Å². The van der Waals surface area contributed by atoms with Crippen LogP contribution in [0, 0.1) is 18.2 Å². The van der Waals surface area contributed by atoms with Crippen molar-refractivity contribution >= 4 is 27.9 Å². The molecule has 1 aromatic heterocycles. The van der Waals surface area contributed by atoms with Crippen LogP contribution < -0.4 is 10.5 Å². The number of carbonyl (C=O) groups is 1. The van der Waals surface area contributed by atoms with Gasteiger partial charge in [-0.25, -0.2) is 24.4 Å². The van der Waals surface area contributed by atoms with E-state index in [-0.39, 0.29) is 49.4 Å². The third kappa shape index (κ3) is 10.3. The van der Waals surface area contributed by atoms with Crippen LogP contribution in [0.3, 0.4) is 0 Å². The van der Waals surface area contributed by atoms with E-state index in [1.54, 1.807) is 24.4 Å². The van der Waals surface area contributed by atoms with Gasteiger partial charge in [0.2, 0.25) is 5.88 Å². The van der Waals surface area contributed by atoms with E-state index >= 15 is 4.39 Å². The lowest BCUT2D eigenvalue weighted by atomic mass is 10.0. The van der Waals surface area contributed by atoms with Gasteiger partial charge >= 0.3 is 12.0 Å². The van der Waals surface area contributed by atoms with Crippen LogP contribution in [-0.4, -0.2) is 73.4 Å². The first-order valence-corrected chi connectivity index (χ1v) is 18.3. The van der Waals surface area contributed by atoms with E-state index in [2.05, 4.69) is 33.7 Å². The molecule has 0 spiro atoms. The molecule has 2 N–H and O–H groups in total. The van der Waals surface area contributed by atoms with Crippen molar-refractivity contribution in [1.82, 2.24) is 4.98 Å². The molecule has 1 saturated carbocycles. The van der Waals surface area contributed by atoms with Gasteiger partial charge in [0.1, 0.15) is 37.0 Å². The lowest BCUT2D eigenvalue weighted by molar-refractivity contribution is -0.152. The SMILES string of the molecule is Cc1cc(OCC2(C(=O)OCc3ccccc3)CC2)ncc1-c1ccc(C(N)=NC(=NCOCCS(C)(C)C)OC(C)C)c(F)c1. The molecule has 0 saturated heterocycles. The van der Waals surface area contributed by atoms with Gasteiger partial charge < -0.3 is 24.7 Å². The Morgan fingerprint density at radius 2 is 1.85 bits per heavy atom. The Balaban J connectivity index is 1.38. The molecule has 2 aromatic carbocycles. The molecule has 0 radical (unpaired) electrons. The molecule has 0 atom stereocenters. The number of hydrogen-bond acceptors (Lipinski definition) is 7. The standard InChI is InChI=1S/C35H45FN4O5S/c1-24(2)45-34(39-23-42-16-17-46(4,5)6)40-32(37)28-13-12-27(19-30(28)36)29-20-38-31(18-25(29)3)44-22-35(14-15-35)33(41)43-21-26-10-8-7-9-11-26/h7-13,18-20,24H,14-17,21-23H2,1-6H3,(H2,37,39,40). The fourth-order valence-electron chi connectivity index (χ4n) is 4.40. The molecule has 11 heteroatoms. The van der Waals surface area contributed by atoms with Gasteiger partial charge in [0.05, 0.1) is 18.3 Å². The topological polar surface area (TPSA) is 118 Å². The van der Waals surface area contributed by atoms with Crippen molar-refractivity contribution in [3.8, 4) is 17.0 Å². The molecule has 0 unspecified atom stereocenters. The summed E-state index contributed by atoms with van der Waals surface area (Å²) in [4.78, 5) is 25.7. The molecular weight excluding hydrogens is 607 g/mol. The Hall–Kier alpha value is -3.96. The molecule has 248 valence electrons. The molecule has 0 bridgehead atoms. The van der Waals surface area contributed by atoms with Gasteiger partial charge in [-0.05, 0) is 81.2 Å². The lowest BCUT2D eigenvalue weighted by Gasteiger charge is -2.24. The third-order valence-corrected chi connectivity index (χ3v) is 8.72. The van der Waals surface area contributed by atoms with E-state index in [1.807, 2.05) is 51.1 Å². The number of amidine groups is 2. The highest BCUT2D eigenvalue weighted by Gasteiger charge is 2.52. The summed E-state index contributed by atoms with van der Waals surface area (Å²) in [5, 5.41) is 0. The molecule has 46 heavy (non-hydrogen) atoms. The molecule has 0 aliphatic heterocycles. The van der Waals surface area contributed by atoms with Crippen molar-refractivity contribution in [3.05, 3.63) is 83.3 Å². The molecule has 1 heterocycles. The summed E-state index contributed by atoms with van der Waals surface area (Å²) in [5.41, 5.74) is 8.80. The molecule has 1 aliphatic rings. The zero-order valence-electron chi connectivity index (χ0n) is 27.5. The summed E-state index contributed by atoms with van der Waals surface area (Å²) in [6.45, 7) is 6.65. The van der Waals surface area contributed by atoms with Gasteiger partial charge in [0.15, 0.2) is 0 Å². The van der Waals surface area contributed by atoms with Crippen LogP contribution in [0.25, 0.3) is 11.1 Å². The largest absolute Gasteiger partial charge is 0.476 e. The summed E-state index contributed by atoms with van der Waals surface area (Å²) in [7, 11) is -0.670. The van der Waals surface area contributed by atoms with Crippen molar-refractivity contribution in [3.63, 3.8) is 0 Å². The van der Waals surface area contributed by atoms with E-state index in [0.29, 0.717) is 30.9 Å². The first kappa shape index (κ1) is 34.9. The predicted octanol–water partition coefficient (Wildman–Crippen LogP) is 6.25. The zero-order chi connectivity index (χ0) is 33.3. The first-order valence-electron chi connectivity index (χ1n) is 15.3. The smallest absolute Gasteiger partial charge is 0.316 e. The summed E-state index contributed by atoms with van der Waals surface area (Å²) < 4.78 is 38.1. The highest BCUT2D eigenvalue weighted by Crippen LogP contribution is 2.47. The monoisotopic (exact) mass is 652 g/mol. The van der Waals surface area contributed by atoms with Gasteiger partial charge in [-0.15, -0.1) is 0 Å². The van der Waals surface area contributed by atoms with Gasteiger partial charge in [-0.2, -0.15) is 4.99 Å². The second-order valence-electron chi connectivity index (χ2n) is 12.6. The van der Waals surface area contributed by atoms with Crippen LogP contribution in [0.4, 0.5) is 4.39 Å². The maximum absolute atomic E-state index is 15.3. The van der Waals surface area contributed by atoms with E-state index in [4.69, 9.17) is 24.7 Å². The highest BCUT2D eigenvalue weighted by atomic mass is 32.3. The van der Waals surface area contributed by atoms with Crippen LogP contribution in [-0.2, 0) is 25.6 Å². The number of ether oxygens (including phenoxy) is 4. The fourth-order valence-corrected chi connectivity index (χ4v) is 5.01. The van der Waals surface area contributed by atoms with Gasteiger partial charge in [0.25, 0.3) is 0 Å². The number of nitrogens with zero attached hydrogens (tertiary/aromatic N) is 3. The Morgan fingerprint density at radius 3 is 2.48 bits per heavy atom. The molecule has 3 aromatic rings. The van der Waals surface area contributed by atoms with Crippen LogP contribution in [0.15, 0.2) is 70.8 Å². The fraction of sp³-hybridized carbons (Fsp3) is 0.429. The van der Waals surface area contributed by atoms with Crippen molar-refractivity contribution < 1.29 is 28.1 Å². The Labute approximate surface area is 272 Å². The van der Waals surface area contributed by atoms with Crippen molar-refractivity contribution in [2.24, 2.45) is 21.1 Å². The number of halogens is 1. The number of pyridine rings is 1. The number of aryl methyl sites for hydroxylation is 1. The molecule has 4 rings (SSSR count). The van der Waals surface area contributed by atoms with E-state index in [9.17, 15) is 4.79 Å².